The average Bonchev–Trinajstić information content (AvgIpc) is 2.79. The number of oxime groups is 1. The number of benzene rings is 2. The third-order valence-electron chi connectivity index (χ3n) is 3.85. The highest BCUT2D eigenvalue weighted by Gasteiger charge is 2.23. The second kappa shape index (κ2) is 13.9. The number of ether oxygens (including phenoxy) is 1. The van der Waals surface area contributed by atoms with Crippen molar-refractivity contribution in [2.45, 2.75) is 0 Å². The van der Waals surface area contributed by atoms with E-state index in [1.54, 1.807) is 0 Å². The van der Waals surface area contributed by atoms with Crippen LogP contribution >= 0.6 is 22.6 Å². The average molecular weight is 583 g/mol. The Morgan fingerprint density at radius 2 is 1.82 bits per heavy atom. The fraction of sp³-hybridized carbons (Fsp3) is 0.300. The lowest BCUT2D eigenvalue weighted by molar-refractivity contribution is -0.00621. The first-order valence-electron chi connectivity index (χ1n) is 9.50. The summed E-state index contributed by atoms with van der Waals surface area (Å²) in [7, 11) is 0. The molecule has 0 unspecified atom stereocenters. The number of aliphatic hydroxyl groups is 2. The highest BCUT2D eigenvalue weighted by molar-refractivity contribution is 14.1. The maximum absolute atomic E-state index is 14.9. The Kier molecular flexibility index (Phi) is 11.3. The summed E-state index contributed by atoms with van der Waals surface area (Å²) < 4.78 is 49.3. The van der Waals surface area contributed by atoms with Gasteiger partial charge in [-0.15, -0.1) is 0 Å². The summed E-state index contributed by atoms with van der Waals surface area (Å²) in [5.74, 6) is -4.53. The van der Waals surface area contributed by atoms with E-state index in [1.807, 2.05) is 22.6 Å². The number of hydroxylamine groups is 1. The van der Waals surface area contributed by atoms with Crippen LogP contribution in [-0.2, 0) is 14.4 Å². The third kappa shape index (κ3) is 8.12. The molecule has 0 saturated heterocycles. The smallest absolute Gasteiger partial charge is 0.277 e. The molecule has 0 heterocycles. The van der Waals surface area contributed by atoms with Gasteiger partial charge in [-0.05, 0) is 46.9 Å². The number of nitrogens with zero attached hydrogens (tertiary/aromatic N) is 1. The number of carbonyl (C=O) groups excluding carboxylic acids is 1. The summed E-state index contributed by atoms with van der Waals surface area (Å²) in [5.41, 5.74) is 0.404. The van der Waals surface area contributed by atoms with Crippen LogP contribution in [0.1, 0.15) is 15.9 Å². The summed E-state index contributed by atoms with van der Waals surface area (Å²) in [6.45, 7) is -0.655. The minimum absolute atomic E-state index is 0.0533. The Labute approximate surface area is 200 Å². The molecule has 0 spiro atoms. The zero-order valence-electron chi connectivity index (χ0n) is 17.1. The zero-order chi connectivity index (χ0) is 24.2. The van der Waals surface area contributed by atoms with Crippen molar-refractivity contribution in [3.63, 3.8) is 0 Å². The van der Waals surface area contributed by atoms with Crippen LogP contribution in [0, 0.1) is 21.0 Å². The Balaban J connectivity index is 2.33. The zero-order valence-corrected chi connectivity index (χ0v) is 19.3. The Hall–Kier alpha value is -2.46. The fourth-order valence-corrected chi connectivity index (χ4v) is 2.85. The number of amides is 1. The quantitative estimate of drug-likeness (QED) is 0.124. The van der Waals surface area contributed by atoms with Crippen LogP contribution in [0.15, 0.2) is 29.4 Å². The van der Waals surface area contributed by atoms with E-state index in [9.17, 15) is 18.0 Å². The third-order valence-corrected chi connectivity index (χ3v) is 4.52. The number of carbonyl (C=O) groups is 1. The Morgan fingerprint density at radius 3 is 2.52 bits per heavy atom. The number of anilines is 2. The Bertz CT molecular complexity index is 981. The molecule has 0 radical (unpaired) electrons. The normalized spacial score (nSPS) is 11.1. The van der Waals surface area contributed by atoms with Gasteiger partial charge in [-0.2, -0.15) is 0 Å². The number of hydrogen-bond donors (Lipinski definition) is 4. The standard InChI is InChI=1S/C20H21F3IN3O6/c21-15-10-13(24)1-2-16(15)26-19-14(20(30)27-33-8-7-31-5-3-28)9-12(17(22)18(19)23)11-25-32-6-4-29/h1-2,9-11,26,28-29H,3-8H2,(H,27,30). The van der Waals surface area contributed by atoms with Crippen LogP contribution < -0.4 is 10.8 Å². The van der Waals surface area contributed by atoms with Crippen molar-refractivity contribution < 1.29 is 42.6 Å². The second-order valence-electron chi connectivity index (χ2n) is 6.17. The minimum atomic E-state index is -1.46. The van der Waals surface area contributed by atoms with Crippen molar-refractivity contribution in [1.82, 2.24) is 5.48 Å². The van der Waals surface area contributed by atoms with Crippen LogP contribution in [-0.4, -0.2) is 62.0 Å². The maximum Gasteiger partial charge on any atom is 0.277 e. The number of rotatable bonds is 13. The molecule has 180 valence electrons. The van der Waals surface area contributed by atoms with Gasteiger partial charge in [0.05, 0.1) is 56.2 Å². The monoisotopic (exact) mass is 583 g/mol. The molecule has 33 heavy (non-hydrogen) atoms. The van der Waals surface area contributed by atoms with E-state index in [1.165, 1.54) is 18.2 Å². The number of aliphatic hydroxyl groups excluding tert-OH is 2. The highest BCUT2D eigenvalue weighted by Crippen LogP contribution is 2.30. The van der Waals surface area contributed by atoms with Crippen LogP contribution in [0.2, 0.25) is 0 Å². The van der Waals surface area contributed by atoms with Crippen molar-refractivity contribution in [2.24, 2.45) is 5.16 Å². The first-order valence-corrected chi connectivity index (χ1v) is 10.6. The van der Waals surface area contributed by atoms with Crippen LogP contribution in [0.4, 0.5) is 24.5 Å². The maximum atomic E-state index is 14.9. The van der Waals surface area contributed by atoms with Gasteiger partial charge in [-0.3, -0.25) is 9.63 Å². The van der Waals surface area contributed by atoms with Gasteiger partial charge in [0.2, 0.25) is 0 Å². The molecule has 9 nitrogen and oxygen atoms in total. The first kappa shape index (κ1) is 26.8. The van der Waals surface area contributed by atoms with E-state index < -0.39 is 40.2 Å². The first-order chi connectivity index (χ1) is 15.9. The summed E-state index contributed by atoms with van der Waals surface area (Å²) in [5, 5.41) is 23.1. The van der Waals surface area contributed by atoms with Crippen molar-refractivity contribution in [3.05, 3.63) is 56.4 Å². The molecular weight excluding hydrogens is 562 g/mol. The van der Waals surface area contributed by atoms with Crippen molar-refractivity contribution in [2.75, 3.05) is 45.0 Å². The Morgan fingerprint density at radius 1 is 1.06 bits per heavy atom. The molecule has 0 fully saturated rings. The van der Waals surface area contributed by atoms with Gasteiger partial charge in [0, 0.05) is 9.13 Å². The van der Waals surface area contributed by atoms with Gasteiger partial charge in [0.1, 0.15) is 12.4 Å². The molecule has 0 bridgehead atoms. The van der Waals surface area contributed by atoms with Crippen molar-refractivity contribution in [1.29, 1.82) is 0 Å². The van der Waals surface area contributed by atoms with E-state index in [-0.39, 0.29) is 45.3 Å². The molecule has 0 aromatic heterocycles. The molecular formula is C20H21F3IN3O6. The van der Waals surface area contributed by atoms with E-state index >= 15 is 0 Å². The van der Waals surface area contributed by atoms with Gasteiger partial charge in [-0.1, -0.05) is 5.16 Å². The van der Waals surface area contributed by atoms with E-state index in [4.69, 9.17) is 19.8 Å². The molecule has 2 rings (SSSR count). The second-order valence-corrected chi connectivity index (χ2v) is 7.42. The summed E-state index contributed by atoms with van der Waals surface area (Å²) in [4.78, 5) is 22.2. The number of halogens is 4. The van der Waals surface area contributed by atoms with Crippen LogP contribution in [0.25, 0.3) is 0 Å². The lowest BCUT2D eigenvalue weighted by Crippen LogP contribution is -2.27. The van der Waals surface area contributed by atoms with Crippen molar-refractivity contribution >= 4 is 46.1 Å². The SMILES string of the molecule is O=C(NOCCOCCO)c1cc(C=NOCCO)c(F)c(F)c1Nc1ccc(I)cc1F. The molecule has 0 aliphatic heterocycles. The largest absolute Gasteiger partial charge is 0.394 e. The molecule has 2 aromatic rings. The summed E-state index contributed by atoms with van der Waals surface area (Å²) in [6.07, 6.45) is 0.823. The van der Waals surface area contributed by atoms with Gasteiger partial charge in [0.25, 0.3) is 5.91 Å². The minimum Gasteiger partial charge on any atom is -0.394 e. The van der Waals surface area contributed by atoms with Crippen LogP contribution in [0.3, 0.4) is 0 Å². The molecule has 2 aromatic carbocycles. The molecule has 0 atom stereocenters. The lowest BCUT2D eigenvalue weighted by atomic mass is 10.1. The van der Waals surface area contributed by atoms with Crippen molar-refractivity contribution in [3.8, 4) is 0 Å². The molecule has 4 N–H and O–H groups in total. The van der Waals surface area contributed by atoms with E-state index in [0.717, 1.165) is 12.3 Å². The molecule has 1 amide bonds. The topological polar surface area (TPSA) is 122 Å². The van der Waals surface area contributed by atoms with E-state index in [2.05, 4.69) is 20.8 Å². The molecule has 0 aliphatic carbocycles. The summed E-state index contributed by atoms with van der Waals surface area (Å²) >= 11 is 1.88. The van der Waals surface area contributed by atoms with E-state index in [0.29, 0.717) is 3.57 Å². The number of hydrogen-bond acceptors (Lipinski definition) is 8. The highest BCUT2D eigenvalue weighted by atomic mass is 127. The van der Waals surface area contributed by atoms with Gasteiger partial charge >= 0.3 is 0 Å². The lowest BCUT2D eigenvalue weighted by Gasteiger charge is -2.16. The predicted octanol–water partition coefficient (Wildman–Crippen LogP) is 2.47. The predicted molar refractivity (Wildman–Crippen MR) is 121 cm³/mol. The molecule has 0 saturated carbocycles. The van der Waals surface area contributed by atoms with Gasteiger partial charge in [0.15, 0.2) is 11.6 Å². The fourth-order valence-electron chi connectivity index (χ4n) is 2.39. The van der Waals surface area contributed by atoms with Gasteiger partial charge < -0.3 is 25.1 Å². The molecule has 13 heteroatoms. The molecule has 0 aliphatic rings. The van der Waals surface area contributed by atoms with Gasteiger partial charge in [-0.25, -0.2) is 18.7 Å². The summed E-state index contributed by atoms with van der Waals surface area (Å²) in [6, 6.07) is 4.99. The number of nitrogens with one attached hydrogen (secondary N) is 2. The van der Waals surface area contributed by atoms with Crippen LogP contribution in [0.5, 0.6) is 0 Å².